The fraction of sp³-hybridized carbons (Fsp3) is 0.0769. The summed E-state index contributed by atoms with van der Waals surface area (Å²) in [7, 11) is 0. The number of nitrogens with one attached hydrogen (secondary N) is 2. The molecule has 2 aromatic carbocycles. The van der Waals surface area contributed by atoms with E-state index in [0.717, 1.165) is 5.52 Å². The fourth-order valence-corrected chi connectivity index (χ4v) is 4.38. The van der Waals surface area contributed by atoms with Gasteiger partial charge in [0.05, 0.1) is 28.5 Å². The summed E-state index contributed by atoms with van der Waals surface area (Å²) in [6.45, 7) is 3.52. The predicted molar refractivity (Wildman–Crippen MR) is 134 cm³/mol. The van der Waals surface area contributed by atoms with Crippen molar-refractivity contribution in [1.29, 1.82) is 0 Å². The Morgan fingerprint density at radius 1 is 0.973 bits per heavy atom. The molecule has 182 valence electrons. The predicted octanol–water partition coefficient (Wildman–Crippen LogP) is 4.06. The summed E-state index contributed by atoms with van der Waals surface area (Å²) in [4.78, 5) is 38.1. The number of ketones is 1. The molecular weight excluding hydrogens is 475 g/mol. The summed E-state index contributed by atoms with van der Waals surface area (Å²) >= 11 is 0. The zero-order chi connectivity index (χ0) is 25.7. The summed E-state index contributed by atoms with van der Waals surface area (Å²) in [6, 6.07) is 14.8. The van der Waals surface area contributed by atoms with Crippen LogP contribution < -0.4 is 5.32 Å². The number of H-pyrrole nitrogens is 1. The number of aromatic amines is 1. The molecule has 0 saturated carbocycles. The molecule has 0 fully saturated rings. The summed E-state index contributed by atoms with van der Waals surface area (Å²) in [5.41, 5.74) is 3.39. The molecular formula is C26H19FN8O2. The van der Waals surface area contributed by atoms with Crippen LogP contribution in [-0.4, -0.2) is 46.2 Å². The quantitative estimate of drug-likeness (QED) is 0.275. The highest BCUT2D eigenvalue weighted by Crippen LogP contribution is 2.26. The number of fused-ring (bicyclic) bond motifs is 2. The third-order valence-corrected chi connectivity index (χ3v) is 6.02. The van der Waals surface area contributed by atoms with Gasteiger partial charge in [-0.3, -0.25) is 9.59 Å². The first-order valence-electron chi connectivity index (χ1n) is 11.4. The monoisotopic (exact) mass is 494 g/mol. The highest BCUT2D eigenvalue weighted by atomic mass is 19.1. The zero-order valence-electron chi connectivity index (χ0n) is 19.7. The topological polar surface area (TPSA) is 123 Å². The van der Waals surface area contributed by atoms with Gasteiger partial charge in [0.15, 0.2) is 11.5 Å². The lowest BCUT2D eigenvalue weighted by molar-refractivity contribution is -0.112. The number of anilines is 1. The van der Waals surface area contributed by atoms with Crippen LogP contribution in [0.25, 0.3) is 33.4 Å². The second kappa shape index (κ2) is 8.48. The van der Waals surface area contributed by atoms with Crippen LogP contribution in [0, 0.1) is 19.7 Å². The lowest BCUT2D eigenvalue weighted by Crippen LogP contribution is -2.25. The minimum absolute atomic E-state index is 0.267. The van der Waals surface area contributed by atoms with Crippen LogP contribution >= 0.6 is 0 Å². The van der Waals surface area contributed by atoms with E-state index < -0.39 is 11.7 Å². The smallest absolute Gasteiger partial charge is 0.298 e. The molecule has 6 aromatic rings. The number of para-hydroxylation sites is 1. The number of hydrogen-bond donors (Lipinski definition) is 2. The zero-order valence-corrected chi connectivity index (χ0v) is 19.7. The third kappa shape index (κ3) is 3.73. The van der Waals surface area contributed by atoms with Crippen molar-refractivity contribution in [3.05, 3.63) is 89.9 Å². The van der Waals surface area contributed by atoms with Crippen LogP contribution in [-0.2, 0) is 4.79 Å². The maximum Gasteiger partial charge on any atom is 0.298 e. The van der Waals surface area contributed by atoms with Crippen molar-refractivity contribution in [3.8, 4) is 11.5 Å². The maximum absolute atomic E-state index is 13.4. The van der Waals surface area contributed by atoms with Crippen molar-refractivity contribution in [2.75, 3.05) is 5.32 Å². The molecule has 0 unspecified atom stereocenters. The SMILES string of the molecule is Cc1cc(NC(=O)C(=O)c2c(C)[nH]c3ccccc23)n(-c2ncnc3c2cnn3-c2ccc(F)cc2)n1. The summed E-state index contributed by atoms with van der Waals surface area (Å²) in [5.74, 6) is -1.21. The van der Waals surface area contributed by atoms with Gasteiger partial charge in [0, 0.05) is 22.7 Å². The summed E-state index contributed by atoms with van der Waals surface area (Å²) in [6.07, 6.45) is 2.92. The average molecular weight is 494 g/mol. The van der Waals surface area contributed by atoms with Gasteiger partial charge >= 0.3 is 0 Å². The average Bonchev–Trinajstić information content (AvgIpc) is 3.58. The lowest BCUT2D eigenvalue weighted by atomic mass is 10.1. The standard InChI is InChI=1S/C26H19FN8O2/c1-14-11-21(32-26(37)23(36)22-15(2)31-20-6-4-3-5-18(20)22)35(33-14)25-19-12-30-34(24(19)28-13-29-25)17-9-7-16(27)8-10-17/h3-13,31H,1-2H3,(H,32,37). The van der Waals surface area contributed by atoms with E-state index in [1.54, 1.807) is 49.0 Å². The number of amides is 1. The van der Waals surface area contributed by atoms with Gasteiger partial charge in [-0.15, -0.1) is 0 Å². The first-order valence-corrected chi connectivity index (χ1v) is 11.4. The Kier molecular flexibility index (Phi) is 5.11. The number of hydrogen-bond acceptors (Lipinski definition) is 6. The normalized spacial score (nSPS) is 11.3. The minimum Gasteiger partial charge on any atom is -0.358 e. The Morgan fingerprint density at radius 3 is 2.57 bits per heavy atom. The molecule has 0 spiro atoms. The van der Waals surface area contributed by atoms with E-state index in [-0.39, 0.29) is 11.6 Å². The van der Waals surface area contributed by atoms with Crippen LogP contribution in [0.15, 0.2) is 67.1 Å². The van der Waals surface area contributed by atoms with Crippen molar-refractivity contribution >= 4 is 39.4 Å². The van der Waals surface area contributed by atoms with Gasteiger partial charge in [-0.2, -0.15) is 14.9 Å². The van der Waals surface area contributed by atoms with E-state index in [1.807, 2.05) is 18.2 Å². The molecule has 1 amide bonds. The molecule has 37 heavy (non-hydrogen) atoms. The number of carbonyl (C=O) groups excluding carboxylic acids is 2. The van der Waals surface area contributed by atoms with Crippen molar-refractivity contribution < 1.29 is 14.0 Å². The Hall–Kier alpha value is -5.19. The highest BCUT2D eigenvalue weighted by molar-refractivity contribution is 6.48. The molecule has 6 rings (SSSR count). The van der Waals surface area contributed by atoms with Gasteiger partial charge in [0.2, 0.25) is 0 Å². The van der Waals surface area contributed by atoms with Gasteiger partial charge in [-0.05, 0) is 44.2 Å². The first kappa shape index (κ1) is 22.3. The van der Waals surface area contributed by atoms with Crippen LogP contribution in [0.3, 0.4) is 0 Å². The molecule has 0 bridgehead atoms. The Morgan fingerprint density at radius 2 is 1.76 bits per heavy atom. The van der Waals surface area contributed by atoms with Crippen LogP contribution in [0.2, 0.25) is 0 Å². The van der Waals surface area contributed by atoms with Crippen LogP contribution in [0.4, 0.5) is 10.2 Å². The molecule has 4 heterocycles. The Balaban J connectivity index is 1.37. The second-order valence-corrected chi connectivity index (χ2v) is 8.50. The Labute approximate surface area is 208 Å². The van der Waals surface area contributed by atoms with Gasteiger partial charge in [-0.1, -0.05) is 18.2 Å². The minimum atomic E-state index is -0.804. The molecule has 10 nitrogen and oxygen atoms in total. The molecule has 0 saturated heterocycles. The van der Waals surface area contributed by atoms with Crippen LogP contribution in [0.1, 0.15) is 21.7 Å². The largest absolute Gasteiger partial charge is 0.358 e. The number of nitrogens with zero attached hydrogens (tertiary/aromatic N) is 6. The van der Waals surface area contributed by atoms with E-state index in [0.29, 0.717) is 44.9 Å². The van der Waals surface area contributed by atoms with E-state index >= 15 is 0 Å². The van der Waals surface area contributed by atoms with Crippen molar-refractivity contribution in [3.63, 3.8) is 0 Å². The Bertz CT molecular complexity index is 1830. The first-order chi connectivity index (χ1) is 17.9. The molecule has 0 radical (unpaired) electrons. The molecule has 0 aliphatic carbocycles. The molecule has 0 aliphatic heterocycles. The van der Waals surface area contributed by atoms with E-state index in [9.17, 15) is 14.0 Å². The maximum atomic E-state index is 13.4. The van der Waals surface area contributed by atoms with Gasteiger partial charge in [-0.25, -0.2) is 19.0 Å². The number of carbonyl (C=O) groups is 2. The molecule has 2 N–H and O–H groups in total. The number of rotatable bonds is 5. The number of Topliss-reactive ketones (excluding diaryl/α,β-unsaturated/α-hetero) is 1. The van der Waals surface area contributed by atoms with Crippen LogP contribution in [0.5, 0.6) is 0 Å². The molecule has 11 heteroatoms. The van der Waals surface area contributed by atoms with Crippen molar-refractivity contribution in [2.24, 2.45) is 0 Å². The summed E-state index contributed by atoms with van der Waals surface area (Å²) < 4.78 is 16.4. The highest BCUT2D eigenvalue weighted by Gasteiger charge is 2.25. The van der Waals surface area contributed by atoms with E-state index in [4.69, 9.17) is 0 Å². The second-order valence-electron chi connectivity index (χ2n) is 8.50. The van der Waals surface area contributed by atoms with Gasteiger partial charge < -0.3 is 10.3 Å². The fourth-order valence-electron chi connectivity index (χ4n) is 4.38. The lowest BCUT2D eigenvalue weighted by Gasteiger charge is -2.09. The molecule has 4 aromatic heterocycles. The number of halogens is 1. The third-order valence-electron chi connectivity index (χ3n) is 6.02. The number of benzene rings is 2. The van der Waals surface area contributed by atoms with E-state index in [2.05, 4.69) is 30.5 Å². The van der Waals surface area contributed by atoms with Crippen molar-refractivity contribution in [1.82, 2.24) is 34.5 Å². The molecule has 0 atom stereocenters. The number of aryl methyl sites for hydroxylation is 2. The molecule has 0 aliphatic rings. The number of aromatic nitrogens is 7. The van der Waals surface area contributed by atoms with Gasteiger partial charge in [0.25, 0.3) is 11.7 Å². The summed E-state index contributed by atoms with van der Waals surface area (Å²) in [5, 5.41) is 12.8. The van der Waals surface area contributed by atoms with Crippen molar-refractivity contribution in [2.45, 2.75) is 13.8 Å². The van der Waals surface area contributed by atoms with E-state index in [1.165, 1.54) is 23.1 Å². The van der Waals surface area contributed by atoms with Gasteiger partial charge in [0.1, 0.15) is 18.0 Å².